The number of hydrogen-bond donors (Lipinski definition) is 0. The Morgan fingerprint density at radius 1 is 1.14 bits per heavy atom. The van der Waals surface area contributed by atoms with Gasteiger partial charge in [-0.1, -0.05) is 18.2 Å². The zero-order valence-electron chi connectivity index (χ0n) is 13.4. The van der Waals surface area contributed by atoms with Crippen molar-refractivity contribution in [2.75, 3.05) is 27.2 Å². The fraction of sp³-hybridized carbons (Fsp3) is 0.474. The fourth-order valence-electron chi connectivity index (χ4n) is 5.00. The maximum Gasteiger partial charge on any atom is 0.0591 e. The molecule has 0 aliphatic carbocycles. The second-order valence-corrected chi connectivity index (χ2v) is 7.18. The van der Waals surface area contributed by atoms with E-state index in [0.29, 0.717) is 12.0 Å². The molecule has 3 aliphatic heterocycles. The molecular formula is C19H23N3. The average molecular weight is 293 g/mol. The lowest BCUT2D eigenvalue weighted by atomic mass is 9.79. The zero-order chi connectivity index (χ0) is 14.8. The summed E-state index contributed by atoms with van der Waals surface area (Å²) in [4.78, 5) is 5.07. The summed E-state index contributed by atoms with van der Waals surface area (Å²) >= 11 is 0. The first-order valence-electron chi connectivity index (χ1n) is 8.50. The Kier molecular flexibility index (Phi) is 2.55. The standard InChI is InChI=1S/C19H23N3/c1-20(2)17-12-22-16-8-4-3-6-13(16)14-9-11-21-10-5-7-15(17)18(21)19(14)22/h3-4,6,8,12,15,18H,5,7,9-11H2,1-2H3/t15-,18-/m1/s1. The Hall–Kier alpha value is -1.74. The summed E-state index contributed by atoms with van der Waals surface area (Å²) in [5.41, 5.74) is 6.08. The number of fused-ring (bicyclic) bond motifs is 3. The van der Waals surface area contributed by atoms with Gasteiger partial charge in [-0.05, 0) is 37.4 Å². The minimum absolute atomic E-state index is 0.590. The van der Waals surface area contributed by atoms with Crippen LogP contribution >= 0.6 is 0 Å². The molecule has 1 saturated heterocycles. The van der Waals surface area contributed by atoms with Crippen molar-refractivity contribution in [3.05, 3.63) is 41.2 Å². The Morgan fingerprint density at radius 2 is 2.00 bits per heavy atom. The lowest BCUT2D eigenvalue weighted by Crippen LogP contribution is -2.47. The van der Waals surface area contributed by atoms with Gasteiger partial charge < -0.3 is 9.47 Å². The van der Waals surface area contributed by atoms with Gasteiger partial charge in [0.1, 0.15) is 0 Å². The zero-order valence-corrected chi connectivity index (χ0v) is 13.4. The first-order chi connectivity index (χ1) is 10.8. The van der Waals surface area contributed by atoms with Gasteiger partial charge in [0.15, 0.2) is 0 Å². The molecule has 5 rings (SSSR count). The Balaban J connectivity index is 1.85. The lowest BCUT2D eigenvalue weighted by molar-refractivity contribution is 0.0817. The van der Waals surface area contributed by atoms with Gasteiger partial charge in [0.25, 0.3) is 0 Å². The quantitative estimate of drug-likeness (QED) is 0.799. The van der Waals surface area contributed by atoms with Crippen molar-refractivity contribution >= 4 is 17.1 Å². The van der Waals surface area contributed by atoms with Crippen molar-refractivity contribution in [1.82, 2.24) is 14.4 Å². The molecule has 4 heterocycles. The highest BCUT2D eigenvalue weighted by Crippen LogP contribution is 2.49. The Bertz CT molecular complexity index is 783. The number of hydrogen-bond acceptors (Lipinski definition) is 2. The monoisotopic (exact) mass is 293 g/mol. The van der Waals surface area contributed by atoms with Crippen molar-refractivity contribution in [3.8, 4) is 0 Å². The van der Waals surface area contributed by atoms with Gasteiger partial charge in [-0.25, -0.2) is 0 Å². The molecule has 0 spiro atoms. The van der Waals surface area contributed by atoms with Gasteiger partial charge in [0, 0.05) is 49.5 Å². The molecule has 2 aromatic rings. The van der Waals surface area contributed by atoms with E-state index in [9.17, 15) is 0 Å². The van der Waals surface area contributed by atoms with E-state index < -0.39 is 0 Å². The summed E-state index contributed by atoms with van der Waals surface area (Å²) in [5, 5.41) is 1.47. The number of benzene rings is 1. The van der Waals surface area contributed by atoms with Crippen LogP contribution in [0.4, 0.5) is 0 Å². The van der Waals surface area contributed by atoms with Gasteiger partial charge in [0.2, 0.25) is 0 Å². The highest BCUT2D eigenvalue weighted by molar-refractivity contribution is 5.88. The minimum Gasteiger partial charge on any atom is -0.379 e. The van der Waals surface area contributed by atoms with Crippen molar-refractivity contribution < 1.29 is 0 Å². The number of nitrogens with zero attached hydrogens (tertiary/aromatic N) is 3. The molecule has 3 aliphatic rings. The van der Waals surface area contributed by atoms with Crippen molar-refractivity contribution in [3.63, 3.8) is 0 Å². The molecule has 22 heavy (non-hydrogen) atoms. The van der Waals surface area contributed by atoms with E-state index in [2.05, 4.69) is 58.9 Å². The molecule has 0 radical (unpaired) electrons. The predicted molar refractivity (Wildman–Crippen MR) is 90.6 cm³/mol. The molecule has 3 heteroatoms. The van der Waals surface area contributed by atoms with Gasteiger partial charge in [-0.3, -0.25) is 4.90 Å². The van der Waals surface area contributed by atoms with Crippen LogP contribution in [0.25, 0.3) is 17.1 Å². The van der Waals surface area contributed by atoms with Crippen LogP contribution in [-0.4, -0.2) is 41.6 Å². The lowest BCUT2D eigenvalue weighted by Gasteiger charge is -2.48. The summed E-state index contributed by atoms with van der Waals surface area (Å²) in [6, 6.07) is 9.54. The molecule has 1 aromatic carbocycles. The minimum atomic E-state index is 0.590. The first-order valence-corrected chi connectivity index (χ1v) is 8.50. The number of piperidine rings is 1. The van der Waals surface area contributed by atoms with E-state index in [4.69, 9.17) is 0 Å². The third-order valence-electron chi connectivity index (χ3n) is 5.88. The van der Waals surface area contributed by atoms with E-state index in [1.165, 1.54) is 49.0 Å². The normalized spacial score (nSPS) is 26.7. The van der Waals surface area contributed by atoms with Gasteiger partial charge in [0.05, 0.1) is 11.6 Å². The Labute approximate surface area is 131 Å². The van der Waals surface area contributed by atoms with Crippen LogP contribution in [0, 0.1) is 5.92 Å². The number of para-hydroxylation sites is 1. The molecule has 0 N–H and O–H groups in total. The molecule has 1 fully saturated rings. The second kappa shape index (κ2) is 4.39. The van der Waals surface area contributed by atoms with Gasteiger partial charge in [-0.15, -0.1) is 0 Å². The molecule has 0 saturated carbocycles. The van der Waals surface area contributed by atoms with Crippen LogP contribution in [0.2, 0.25) is 0 Å². The summed E-state index contributed by atoms with van der Waals surface area (Å²) in [6.45, 7) is 2.49. The summed E-state index contributed by atoms with van der Waals surface area (Å²) < 4.78 is 2.50. The van der Waals surface area contributed by atoms with Crippen molar-refractivity contribution in [2.45, 2.75) is 25.3 Å². The van der Waals surface area contributed by atoms with E-state index in [1.807, 2.05) is 0 Å². The summed E-state index contributed by atoms with van der Waals surface area (Å²) in [6.07, 6.45) is 6.28. The van der Waals surface area contributed by atoms with Crippen LogP contribution in [-0.2, 0) is 6.42 Å². The SMILES string of the molecule is CN(C)C1=Cn2c3c(c4ccccc42)CCN2CCC[C@H]1[C@H]32. The maximum atomic E-state index is 2.74. The molecular weight excluding hydrogens is 270 g/mol. The molecule has 0 bridgehead atoms. The third kappa shape index (κ3) is 1.50. The van der Waals surface area contributed by atoms with E-state index in [0.717, 1.165) is 0 Å². The largest absolute Gasteiger partial charge is 0.379 e. The van der Waals surface area contributed by atoms with Crippen LogP contribution in [0.15, 0.2) is 30.0 Å². The molecule has 0 amide bonds. The molecule has 0 unspecified atom stereocenters. The van der Waals surface area contributed by atoms with Gasteiger partial charge >= 0.3 is 0 Å². The van der Waals surface area contributed by atoms with E-state index in [-0.39, 0.29) is 0 Å². The van der Waals surface area contributed by atoms with Crippen LogP contribution in [0.5, 0.6) is 0 Å². The molecule has 3 nitrogen and oxygen atoms in total. The number of aromatic nitrogens is 1. The van der Waals surface area contributed by atoms with Crippen LogP contribution in [0.1, 0.15) is 30.1 Å². The highest BCUT2D eigenvalue weighted by atomic mass is 15.2. The van der Waals surface area contributed by atoms with Crippen LogP contribution in [0.3, 0.4) is 0 Å². The van der Waals surface area contributed by atoms with E-state index >= 15 is 0 Å². The summed E-state index contributed by atoms with van der Waals surface area (Å²) in [7, 11) is 4.40. The first kappa shape index (κ1) is 12.8. The molecule has 1 aromatic heterocycles. The van der Waals surface area contributed by atoms with Crippen molar-refractivity contribution in [2.24, 2.45) is 5.92 Å². The van der Waals surface area contributed by atoms with Crippen LogP contribution < -0.4 is 0 Å². The highest BCUT2D eigenvalue weighted by Gasteiger charge is 2.43. The predicted octanol–water partition coefficient (Wildman–Crippen LogP) is 3.32. The van der Waals surface area contributed by atoms with Gasteiger partial charge in [-0.2, -0.15) is 0 Å². The molecule has 2 atom stereocenters. The Morgan fingerprint density at radius 3 is 2.86 bits per heavy atom. The smallest absolute Gasteiger partial charge is 0.0591 e. The average Bonchev–Trinajstić information content (AvgIpc) is 2.87. The topological polar surface area (TPSA) is 11.4 Å². The van der Waals surface area contributed by atoms with Crippen molar-refractivity contribution in [1.29, 1.82) is 0 Å². The number of rotatable bonds is 1. The second-order valence-electron chi connectivity index (χ2n) is 7.18. The van der Waals surface area contributed by atoms with E-state index in [1.54, 1.807) is 11.3 Å². The maximum absolute atomic E-state index is 2.74. The summed E-state index contributed by atoms with van der Waals surface area (Å²) in [5.74, 6) is 0.666. The fourth-order valence-corrected chi connectivity index (χ4v) is 5.00. The third-order valence-corrected chi connectivity index (χ3v) is 5.88. The molecule has 114 valence electrons.